The van der Waals surface area contributed by atoms with Crippen LogP contribution in [0.3, 0.4) is 0 Å². The molecule has 1 unspecified atom stereocenters. The average molecular weight is 493 g/mol. The van der Waals surface area contributed by atoms with Gasteiger partial charge in [0.25, 0.3) is 0 Å². The number of nitrogens with one attached hydrogen (secondary N) is 2. The first-order valence-electron chi connectivity index (χ1n) is 12.3. The lowest BCUT2D eigenvalue weighted by Crippen LogP contribution is -2.37. The Hall–Kier alpha value is -2.77. The quantitative estimate of drug-likeness (QED) is 0.497. The lowest BCUT2D eigenvalue weighted by atomic mass is 9.89. The van der Waals surface area contributed by atoms with E-state index in [4.69, 9.17) is 9.72 Å². The average Bonchev–Trinajstić information content (AvgIpc) is 2.79. The Bertz CT molecular complexity index is 1190. The summed E-state index contributed by atoms with van der Waals surface area (Å²) < 4.78 is 22.4. The molecule has 3 aromatic rings. The molecule has 2 heterocycles. The minimum absolute atomic E-state index is 0.199. The molecule has 186 valence electrons. The van der Waals surface area contributed by atoms with E-state index in [2.05, 4.69) is 67.8 Å². The molecule has 0 radical (unpaired) electrons. The number of aryl methyl sites for hydroxylation is 2. The van der Waals surface area contributed by atoms with Crippen LogP contribution in [0.4, 0.5) is 5.95 Å². The molecule has 35 heavy (non-hydrogen) atoms. The largest absolute Gasteiger partial charge is 0.476 e. The van der Waals surface area contributed by atoms with Gasteiger partial charge >= 0.3 is 0 Å². The molecule has 6 nitrogen and oxygen atoms in total. The van der Waals surface area contributed by atoms with Gasteiger partial charge in [-0.3, -0.25) is 4.72 Å². The van der Waals surface area contributed by atoms with E-state index in [0.717, 1.165) is 53.8 Å². The normalized spacial score (nSPS) is 18.8. The van der Waals surface area contributed by atoms with Gasteiger partial charge in [-0.2, -0.15) is 4.98 Å². The van der Waals surface area contributed by atoms with Crippen molar-refractivity contribution in [2.75, 3.05) is 17.9 Å². The highest BCUT2D eigenvalue weighted by molar-refractivity contribution is 7.86. The fourth-order valence-corrected chi connectivity index (χ4v) is 5.14. The molecule has 1 aliphatic rings. The second-order valence-electron chi connectivity index (χ2n) is 10.5. The van der Waals surface area contributed by atoms with Gasteiger partial charge in [0.2, 0.25) is 11.8 Å². The number of hydrogen-bond donors (Lipinski definition) is 2. The highest BCUT2D eigenvalue weighted by atomic mass is 32.2. The highest BCUT2D eigenvalue weighted by Gasteiger charge is 2.19. The number of rotatable bonds is 3. The molecule has 0 spiro atoms. The Balaban J connectivity index is 1.72. The van der Waals surface area contributed by atoms with Crippen molar-refractivity contribution in [1.29, 1.82) is 0 Å². The van der Waals surface area contributed by atoms with Crippen LogP contribution >= 0.6 is 0 Å². The molecule has 0 saturated carbocycles. The maximum Gasteiger partial charge on any atom is 0.238 e. The summed E-state index contributed by atoms with van der Waals surface area (Å²) in [6, 6.07) is 16.2. The van der Waals surface area contributed by atoms with Crippen molar-refractivity contribution in [2.24, 2.45) is 5.41 Å². The zero-order chi connectivity index (χ0) is 25.0. The Kier molecular flexibility index (Phi) is 7.87. The lowest BCUT2D eigenvalue weighted by molar-refractivity contribution is 0.230. The van der Waals surface area contributed by atoms with Crippen LogP contribution < -0.4 is 14.8 Å². The summed E-state index contributed by atoms with van der Waals surface area (Å²) in [4.78, 5) is 10.0. The summed E-state index contributed by atoms with van der Waals surface area (Å²) >= 11 is 0. The number of anilines is 1. The molecular weight excluding hydrogens is 456 g/mol. The van der Waals surface area contributed by atoms with E-state index in [0.29, 0.717) is 23.3 Å². The number of fused-ring (bicyclic) bond motifs is 4. The van der Waals surface area contributed by atoms with E-state index in [1.54, 1.807) is 0 Å². The number of aromatic nitrogens is 2. The van der Waals surface area contributed by atoms with Crippen LogP contribution in [-0.4, -0.2) is 33.4 Å². The van der Waals surface area contributed by atoms with Crippen LogP contribution in [-0.2, 0) is 17.4 Å². The van der Waals surface area contributed by atoms with Gasteiger partial charge in [-0.05, 0) is 73.9 Å². The molecule has 0 fully saturated rings. The molecule has 0 aliphatic carbocycles. The van der Waals surface area contributed by atoms with Crippen LogP contribution in [0.1, 0.15) is 50.3 Å². The fourth-order valence-electron chi connectivity index (χ4n) is 4.31. The third kappa shape index (κ3) is 6.89. The maximum absolute atomic E-state index is 13.1. The Morgan fingerprint density at radius 1 is 1.06 bits per heavy atom. The number of ether oxygens (including phenoxy) is 1. The van der Waals surface area contributed by atoms with Gasteiger partial charge in [-0.25, -0.2) is 9.19 Å². The van der Waals surface area contributed by atoms with Crippen molar-refractivity contribution < 1.29 is 8.95 Å². The molecular formula is C28H36N4O2S. The first-order valence-corrected chi connectivity index (χ1v) is 13.4. The van der Waals surface area contributed by atoms with Crippen molar-refractivity contribution in [2.45, 2.75) is 64.8 Å². The molecule has 7 heteroatoms. The van der Waals surface area contributed by atoms with Gasteiger partial charge in [0, 0.05) is 17.7 Å². The minimum atomic E-state index is -1.49. The molecule has 2 N–H and O–H groups in total. The highest BCUT2D eigenvalue weighted by Crippen LogP contribution is 2.29. The first-order chi connectivity index (χ1) is 16.7. The summed E-state index contributed by atoms with van der Waals surface area (Å²) in [5.41, 5.74) is 5.43. The predicted molar refractivity (Wildman–Crippen MR) is 143 cm³/mol. The molecule has 0 saturated heterocycles. The monoisotopic (exact) mass is 492 g/mol. The second-order valence-corrected chi connectivity index (χ2v) is 11.7. The van der Waals surface area contributed by atoms with E-state index in [-0.39, 0.29) is 11.5 Å². The zero-order valence-electron chi connectivity index (χ0n) is 21.4. The molecule has 4 rings (SSSR count). The van der Waals surface area contributed by atoms with E-state index in [9.17, 15) is 4.21 Å². The van der Waals surface area contributed by atoms with Gasteiger partial charge in [0.05, 0.1) is 10.6 Å². The summed E-state index contributed by atoms with van der Waals surface area (Å²) in [7, 11) is -1.49. The second kappa shape index (κ2) is 10.9. The lowest BCUT2D eigenvalue weighted by Gasteiger charge is -2.24. The van der Waals surface area contributed by atoms with E-state index < -0.39 is 11.0 Å². The predicted octanol–water partition coefficient (Wildman–Crippen LogP) is 5.61. The smallest absolute Gasteiger partial charge is 0.238 e. The summed E-state index contributed by atoms with van der Waals surface area (Å²) in [5.74, 6) is 0.769. The van der Waals surface area contributed by atoms with Crippen LogP contribution in [0.25, 0.3) is 11.3 Å². The van der Waals surface area contributed by atoms with Crippen LogP contribution in [0.15, 0.2) is 53.4 Å². The van der Waals surface area contributed by atoms with E-state index >= 15 is 0 Å². The summed E-state index contributed by atoms with van der Waals surface area (Å²) in [6.07, 6.45) is 2.95. The van der Waals surface area contributed by atoms with Gasteiger partial charge in [-0.15, -0.1) is 0 Å². The third-order valence-corrected chi connectivity index (χ3v) is 7.31. The van der Waals surface area contributed by atoms with Gasteiger partial charge in [0.15, 0.2) is 11.0 Å². The van der Waals surface area contributed by atoms with Crippen LogP contribution in [0.2, 0.25) is 0 Å². The Labute approximate surface area is 211 Å². The number of hydrogen-bond acceptors (Lipinski definition) is 5. The van der Waals surface area contributed by atoms with E-state index in [1.807, 2.05) is 30.3 Å². The number of benzene rings is 2. The molecule has 4 bridgehead atoms. The van der Waals surface area contributed by atoms with Crippen molar-refractivity contribution >= 4 is 16.9 Å². The Morgan fingerprint density at radius 2 is 1.80 bits per heavy atom. The van der Waals surface area contributed by atoms with Crippen molar-refractivity contribution in [3.8, 4) is 17.1 Å². The summed E-state index contributed by atoms with van der Waals surface area (Å²) in [5, 5.41) is 3.68. The molecule has 1 aromatic heterocycles. The molecule has 2 atom stereocenters. The maximum atomic E-state index is 13.1. The van der Waals surface area contributed by atoms with Gasteiger partial charge in [0.1, 0.15) is 6.61 Å². The summed E-state index contributed by atoms with van der Waals surface area (Å²) in [6.45, 7) is 12.3. The van der Waals surface area contributed by atoms with Crippen molar-refractivity contribution in [3.05, 3.63) is 65.2 Å². The van der Waals surface area contributed by atoms with Crippen molar-refractivity contribution in [3.63, 3.8) is 0 Å². The van der Waals surface area contributed by atoms with Gasteiger partial charge < -0.3 is 10.1 Å². The van der Waals surface area contributed by atoms with Crippen LogP contribution in [0, 0.1) is 19.3 Å². The van der Waals surface area contributed by atoms with Crippen molar-refractivity contribution in [1.82, 2.24) is 15.3 Å². The standard InChI is InChI=1S/C28H36N4O2S/c1-19-8-6-9-20(2)26(19)24-17-25-31-27(30-24)32-35(33)23-11-7-10-21(16-23)13-15-29-22(18-34-25)12-14-28(3,4)5/h6-11,16-17,22,29H,12-15,18H2,1-5H3,(H,30,31,32)/t22-,35?/m0/s1. The van der Waals surface area contributed by atoms with Crippen LogP contribution in [0.5, 0.6) is 5.88 Å². The van der Waals surface area contributed by atoms with Gasteiger partial charge in [-0.1, -0.05) is 51.1 Å². The molecule has 0 amide bonds. The topological polar surface area (TPSA) is 76.1 Å². The third-order valence-electron chi connectivity index (χ3n) is 6.26. The zero-order valence-corrected chi connectivity index (χ0v) is 22.2. The first kappa shape index (κ1) is 25.3. The SMILES string of the molecule is Cc1cccc(C)c1-c1cc2nc(n1)NS(=O)c1cccc(c1)CCN[C@@H](CCC(C)(C)C)CO2. The minimum Gasteiger partial charge on any atom is -0.476 e. The van der Waals surface area contributed by atoms with E-state index in [1.165, 1.54) is 0 Å². The number of nitrogens with zero attached hydrogens (tertiary/aromatic N) is 2. The fraction of sp³-hybridized carbons (Fsp3) is 0.429. The molecule has 2 aromatic carbocycles. The Morgan fingerprint density at radius 3 is 2.54 bits per heavy atom. The molecule has 1 aliphatic heterocycles.